The van der Waals surface area contributed by atoms with Crippen molar-refractivity contribution in [2.24, 2.45) is 0 Å². The van der Waals surface area contributed by atoms with E-state index in [9.17, 15) is 9.59 Å². The van der Waals surface area contributed by atoms with E-state index in [-0.39, 0.29) is 25.2 Å². The van der Waals surface area contributed by atoms with Crippen LogP contribution >= 0.6 is 0 Å². The summed E-state index contributed by atoms with van der Waals surface area (Å²) in [5.41, 5.74) is 0. The second kappa shape index (κ2) is 59.4. The molecule has 0 saturated heterocycles. The largest absolute Gasteiger partial charge is 0.462 e. The number of carbonyl (C=O) groups is 2. The Morgan fingerprint density at radius 3 is 0.897 bits per heavy atom. The number of hydrogen-bond acceptors (Lipinski definition) is 5. The summed E-state index contributed by atoms with van der Waals surface area (Å²) in [4.78, 5) is 25.6. The van der Waals surface area contributed by atoms with Crippen LogP contribution in [0.2, 0.25) is 0 Å². The number of ether oxygens (including phenoxy) is 3. The average molecular weight is 956 g/mol. The number of unbranched alkanes of at least 4 members (excludes halogenated alkanes) is 40. The molecule has 5 nitrogen and oxygen atoms in total. The lowest BCUT2D eigenvalue weighted by molar-refractivity contribution is -0.163. The molecule has 0 aliphatic rings. The van der Waals surface area contributed by atoms with Gasteiger partial charge >= 0.3 is 11.9 Å². The van der Waals surface area contributed by atoms with Crippen LogP contribution < -0.4 is 0 Å². The van der Waals surface area contributed by atoms with Gasteiger partial charge in [0.25, 0.3) is 0 Å². The SMILES string of the molecule is CCCCCCCC/C=C\CCCCCCCCCCCC(=O)OCC(COCCCCCCCCCC/C=C\CCCCCCCC)OC(=O)CCCCCCC/C=C\CCCCCCCC. The summed E-state index contributed by atoms with van der Waals surface area (Å²) in [5.74, 6) is -0.392. The molecule has 400 valence electrons. The van der Waals surface area contributed by atoms with E-state index in [1.807, 2.05) is 0 Å². The minimum atomic E-state index is -0.541. The van der Waals surface area contributed by atoms with E-state index >= 15 is 0 Å². The van der Waals surface area contributed by atoms with Gasteiger partial charge in [0.05, 0.1) is 6.61 Å². The van der Waals surface area contributed by atoms with E-state index in [1.54, 1.807) is 0 Å². The van der Waals surface area contributed by atoms with E-state index in [0.29, 0.717) is 19.4 Å². The van der Waals surface area contributed by atoms with Gasteiger partial charge in [-0.3, -0.25) is 9.59 Å². The minimum Gasteiger partial charge on any atom is -0.462 e. The highest BCUT2D eigenvalue weighted by Crippen LogP contribution is 2.16. The van der Waals surface area contributed by atoms with Crippen molar-refractivity contribution in [2.45, 2.75) is 335 Å². The Kier molecular flexibility index (Phi) is 57.8. The van der Waals surface area contributed by atoms with Crippen molar-refractivity contribution in [3.8, 4) is 0 Å². The molecular formula is C63H118O5. The first kappa shape index (κ1) is 66.1. The summed E-state index contributed by atoms with van der Waals surface area (Å²) in [6.07, 6.45) is 73.1. The van der Waals surface area contributed by atoms with Gasteiger partial charge in [0.15, 0.2) is 6.10 Å². The highest BCUT2D eigenvalue weighted by molar-refractivity contribution is 5.70. The van der Waals surface area contributed by atoms with Crippen LogP contribution in [0.1, 0.15) is 329 Å². The molecule has 5 heteroatoms. The molecule has 0 radical (unpaired) electrons. The van der Waals surface area contributed by atoms with Gasteiger partial charge in [0.1, 0.15) is 6.61 Å². The van der Waals surface area contributed by atoms with Crippen LogP contribution in [-0.4, -0.2) is 37.9 Å². The van der Waals surface area contributed by atoms with Gasteiger partial charge in [-0.15, -0.1) is 0 Å². The second-order valence-electron chi connectivity index (χ2n) is 20.6. The zero-order chi connectivity index (χ0) is 49.2. The maximum atomic E-state index is 12.9. The number of rotatable bonds is 57. The summed E-state index contributed by atoms with van der Waals surface area (Å²) in [6.45, 7) is 7.86. The normalized spacial score (nSPS) is 12.3. The molecule has 0 aromatic heterocycles. The lowest BCUT2D eigenvalue weighted by atomic mass is 10.1. The molecule has 68 heavy (non-hydrogen) atoms. The highest BCUT2D eigenvalue weighted by Gasteiger charge is 2.17. The maximum Gasteiger partial charge on any atom is 0.306 e. The Labute approximate surface area is 425 Å². The molecule has 0 rings (SSSR count). The lowest BCUT2D eigenvalue weighted by Crippen LogP contribution is -2.30. The van der Waals surface area contributed by atoms with Gasteiger partial charge in [-0.25, -0.2) is 0 Å². The van der Waals surface area contributed by atoms with E-state index in [2.05, 4.69) is 57.2 Å². The quantitative estimate of drug-likeness (QED) is 0.0345. The molecule has 0 aromatic carbocycles. The van der Waals surface area contributed by atoms with Crippen LogP contribution in [0.5, 0.6) is 0 Å². The topological polar surface area (TPSA) is 61.8 Å². The standard InChI is InChI=1S/C63H118O5/c1-4-7-10-13-16-19-22-25-28-30-32-33-36-38-41-44-47-50-53-56-62(64)67-60-61(68-63(65)57-54-51-48-45-42-39-35-27-24-21-18-15-12-9-6-3)59-66-58-55-52-49-46-43-40-37-34-31-29-26-23-20-17-14-11-8-5-2/h25-29,35,61H,4-24,30-34,36-60H2,1-3H3/b28-25-,29-26-,35-27-. The van der Waals surface area contributed by atoms with Crippen molar-refractivity contribution in [3.05, 3.63) is 36.5 Å². The molecule has 0 spiro atoms. The number of esters is 2. The molecule has 1 atom stereocenters. The first-order valence-corrected chi connectivity index (χ1v) is 30.5. The molecule has 0 fully saturated rings. The van der Waals surface area contributed by atoms with Crippen molar-refractivity contribution in [3.63, 3.8) is 0 Å². The third kappa shape index (κ3) is 56.7. The number of carbonyl (C=O) groups excluding carboxylic acids is 2. The van der Waals surface area contributed by atoms with Gasteiger partial charge in [-0.1, -0.05) is 256 Å². The van der Waals surface area contributed by atoms with E-state index in [4.69, 9.17) is 14.2 Å². The monoisotopic (exact) mass is 955 g/mol. The van der Waals surface area contributed by atoms with Crippen LogP contribution in [0.3, 0.4) is 0 Å². The number of hydrogen-bond donors (Lipinski definition) is 0. The average Bonchev–Trinajstić information content (AvgIpc) is 3.34. The Morgan fingerprint density at radius 1 is 0.309 bits per heavy atom. The van der Waals surface area contributed by atoms with Crippen molar-refractivity contribution < 1.29 is 23.8 Å². The zero-order valence-corrected chi connectivity index (χ0v) is 46.1. The van der Waals surface area contributed by atoms with Crippen LogP contribution in [0.4, 0.5) is 0 Å². The predicted octanol–water partition coefficient (Wildman–Crippen LogP) is 20.9. The Hall–Kier alpha value is -1.88. The van der Waals surface area contributed by atoms with Crippen LogP contribution in [-0.2, 0) is 23.8 Å². The highest BCUT2D eigenvalue weighted by atomic mass is 16.6. The molecular weight excluding hydrogens is 837 g/mol. The van der Waals surface area contributed by atoms with Crippen LogP contribution in [0.25, 0.3) is 0 Å². The Balaban J connectivity index is 4.24. The predicted molar refractivity (Wildman–Crippen MR) is 298 cm³/mol. The van der Waals surface area contributed by atoms with Gasteiger partial charge in [-0.05, 0) is 96.3 Å². The van der Waals surface area contributed by atoms with Gasteiger partial charge in [-0.2, -0.15) is 0 Å². The molecule has 0 heterocycles. The number of allylic oxidation sites excluding steroid dienone is 6. The first-order chi connectivity index (χ1) is 33.6. The second-order valence-corrected chi connectivity index (χ2v) is 20.6. The Morgan fingerprint density at radius 2 is 0.574 bits per heavy atom. The summed E-state index contributed by atoms with van der Waals surface area (Å²) < 4.78 is 17.5. The summed E-state index contributed by atoms with van der Waals surface area (Å²) in [5, 5.41) is 0. The van der Waals surface area contributed by atoms with Gasteiger partial charge in [0.2, 0.25) is 0 Å². The van der Waals surface area contributed by atoms with Crippen molar-refractivity contribution in [1.82, 2.24) is 0 Å². The molecule has 0 aliphatic carbocycles. The van der Waals surface area contributed by atoms with Gasteiger partial charge in [0, 0.05) is 19.4 Å². The maximum absolute atomic E-state index is 12.9. The van der Waals surface area contributed by atoms with E-state index in [0.717, 1.165) is 51.4 Å². The molecule has 1 unspecified atom stereocenters. The first-order valence-electron chi connectivity index (χ1n) is 30.5. The molecule has 0 saturated carbocycles. The van der Waals surface area contributed by atoms with Crippen LogP contribution in [0.15, 0.2) is 36.5 Å². The summed E-state index contributed by atoms with van der Waals surface area (Å²) >= 11 is 0. The van der Waals surface area contributed by atoms with Gasteiger partial charge < -0.3 is 14.2 Å². The molecule has 0 N–H and O–H groups in total. The van der Waals surface area contributed by atoms with Crippen molar-refractivity contribution in [1.29, 1.82) is 0 Å². The summed E-state index contributed by atoms with van der Waals surface area (Å²) in [7, 11) is 0. The molecule has 0 aliphatic heterocycles. The fraction of sp³-hybridized carbons (Fsp3) is 0.873. The Bertz CT molecular complexity index is 1080. The third-order valence-corrected chi connectivity index (χ3v) is 13.6. The summed E-state index contributed by atoms with van der Waals surface area (Å²) in [6, 6.07) is 0. The molecule has 0 bridgehead atoms. The van der Waals surface area contributed by atoms with Crippen molar-refractivity contribution >= 4 is 11.9 Å². The van der Waals surface area contributed by atoms with E-state index < -0.39 is 6.10 Å². The minimum absolute atomic E-state index is 0.0841. The molecule has 0 aromatic rings. The lowest BCUT2D eigenvalue weighted by Gasteiger charge is -2.18. The van der Waals surface area contributed by atoms with E-state index in [1.165, 1.54) is 244 Å². The fourth-order valence-electron chi connectivity index (χ4n) is 9.03. The molecule has 0 amide bonds. The third-order valence-electron chi connectivity index (χ3n) is 13.6. The smallest absolute Gasteiger partial charge is 0.306 e. The van der Waals surface area contributed by atoms with Crippen molar-refractivity contribution in [2.75, 3.05) is 19.8 Å². The van der Waals surface area contributed by atoms with Crippen LogP contribution in [0, 0.1) is 0 Å². The fourth-order valence-corrected chi connectivity index (χ4v) is 9.03. The zero-order valence-electron chi connectivity index (χ0n) is 46.1.